The lowest BCUT2D eigenvalue weighted by Crippen LogP contribution is -2.32. The number of amides is 1. The number of rotatable bonds is 6. The number of aryl methyl sites for hydroxylation is 1. The van der Waals surface area contributed by atoms with Crippen molar-refractivity contribution in [3.63, 3.8) is 0 Å². The molecule has 0 saturated heterocycles. The summed E-state index contributed by atoms with van der Waals surface area (Å²) < 4.78 is 0. The summed E-state index contributed by atoms with van der Waals surface area (Å²) in [5.74, 6) is -0.834. The maximum absolute atomic E-state index is 13.7. The van der Waals surface area contributed by atoms with Crippen LogP contribution in [0.3, 0.4) is 0 Å². The number of aromatic amines is 1. The Balaban J connectivity index is 1.60. The molecule has 3 heterocycles. The molecule has 0 spiro atoms. The number of Topliss-reactive ketones (excluding diaryl/α,β-unsaturated/α-hetero) is 1. The van der Waals surface area contributed by atoms with Crippen LogP contribution in [0.4, 0.5) is 5.82 Å². The molecule has 36 heavy (non-hydrogen) atoms. The highest BCUT2D eigenvalue weighted by Gasteiger charge is 2.45. The van der Waals surface area contributed by atoms with Crippen LogP contribution >= 0.6 is 0 Å². The molecular weight excluding hydrogens is 458 g/mol. The Morgan fingerprint density at radius 1 is 0.972 bits per heavy atom. The molecule has 1 aliphatic rings. The number of anilines is 1. The number of hydrogen-bond donors (Lipinski definition) is 2. The number of carbonyl (C=O) groups excluding carboxylic acids is 2. The van der Waals surface area contributed by atoms with Gasteiger partial charge in [0.15, 0.2) is 17.4 Å². The first-order valence-electron chi connectivity index (χ1n) is 11.4. The van der Waals surface area contributed by atoms with Crippen LogP contribution in [-0.4, -0.2) is 47.6 Å². The molecule has 4 aromatic rings. The van der Waals surface area contributed by atoms with Gasteiger partial charge >= 0.3 is 0 Å². The molecule has 0 fully saturated rings. The quantitative estimate of drug-likeness (QED) is 0.396. The van der Waals surface area contributed by atoms with E-state index in [4.69, 9.17) is 0 Å². The standard InChI is InChI=1S/C26H23N7O3/c1-14(2)16-5-9-18(10-6-16)23(34)21-22(17-7-11-19(12-8-17)25-29-31-32-30-25)33(26(36)24(21)35)20-13-4-15(3)27-28-20/h4-14,22,35H,1-3H3,(H,29,30,31,32). The second-order valence-corrected chi connectivity index (χ2v) is 8.84. The Labute approximate surface area is 206 Å². The number of hydrogen-bond acceptors (Lipinski definition) is 8. The molecule has 1 atom stereocenters. The summed E-state index contributed by atoms with van der Waals surface area (Å²) in [6.07, 6.45) is 0. The molecule has 180 valence electrons. The van der Waals surface area contributed by atoms with Crippen LogP contribution in [0.5, 0.6) is 0 Å². The van der Waals surface area contributed by atoms with Crippen molar-refractivity contribution in [2.75, 3.05) is 4.90 Å². The third-order valence-corrected chi connectivity index (χ3v) is 6.15. The molecule has 0 bridgehead atoms. The number of benzene rings is 2. The number of tetrazole rings is 1. The predicted molar refractivity (Wildman–Crippen MR) is 131 cm³/mol. The SMILES string of the molecule is Cc1ccc(N2C(=O)C(O)=C(C(=O)c3ccc(C(C)C)cc3)C2c2ccc(-c3nn[nH]n3)cc2)nn1. The number of ketones is 1. The van der Waals surface area contributed by atoms with Crippen LogP contribution < -0.4 is 4.90 Å². The molecule has 1 unspecified atom stereocenters. The van der Waals surface area contributed by atoms with Crippen LogP contribution in [0.1, 0.15) is 53.0 Å². The normalized spacial score (nSPS) is 15.7. The highest BCUT2D eigenvalue weighted by atomic mass is 16.3. The van der Waals surface area contributed by atoms with Gasteiger partial charge in [0, 0.05) is 11.1 Å². The Morgan fingerprint density at radius 3 is 2.28 bits per heavy atom. The van der Waals surface area contributed by atoms with Crippen LogP contribution in [0.2, 0.25) is 0 Å². The first-order chi connectivity index (χ1) is 17.3. The van der Waals surface area contributed by atoms with E-state index in [-0.39, 0.29) is 11.4 Å². The van der Waals surface area contributed by atoms with Gasteiger partial charge in [0.05, 0.1) is 17.3 Å². The Hall–Kier alpha value is -4.73. The first kappa shape index (κ1) is 23.0. The summed E-state index contributed by atoms with van der Waals surface area (Å²) in [6, 6.07) is 16.7. The van der Waals surface area contributed by atoms with Gasteiger partial charge in [0.25, 0.3) is 5.91 Å². The zero-order chi connectivity index (χ0) is 25.4. The molecule has 0 aliphatic carbocycles. The molecule has 1 aliphatic heterocycles. The minimum Gasteiger partial charge on any atom is -0.503 e. The molecule has 0 saturated carbocycles. The van der Waals surface area contributed by atoms with Gasteiger partial charge in [-0.15, -0.1) is 15.3 Å². The second-order valence-electron chi connectivity index (χ2n) is 8.84. The molecule has 10 nitrogen and oxygen atoms in total. The molecule has 2 aromatic carbocycles. The van der Waals surface area contributed by atoms with Crippen molar-refractivity contribution in [2.45, 2.75) is 32.7 Å². The van der Waals surface area contributed by atoms with Gasteiger partial charge in [-0.05, 0) is 41.3 Å². The molecule has 5 rings (SSSR count). The minimum absolute atomic E-state index is 0.0213. The number of nitrogens with zero attached hydrogens (tertiary/aromatic N) is 6. The molecule has 1 amide bonds. The lowest BCUT2D eigenvalue weighted by molar-refractivity contribution is -0.117. The third-order valence-electron chi connectivity index (χ3n) is 6.15. The van der Waals surface area contributed by atoms with E-state index in [1.165, 1.54) is 4.90 Å². The van der Waals surface area contributed by atoms with Crippen molar-refractivity contribution < 1.29 is 14.7 Å². The van der Waals surface area contributed by atoms with E-state index in [0.29, 0.717) is 34.1 Å². The molecule has 2 aromatic heterocycles. The maximum Gasteiger partial charge on any atom is 0.295 e. The first-order valence-corrected chi connectivity index (χ1v) is 11.4. The van der Waals surface area contributed by atoms with Crippen LogP contribution in [-0.2, 0) is 4.79 Å². The van der Waals surface area contributed by atoms with Gasteiger partial charge < -0.3 is 5.11 Å². The van der Waals surface area contributed by atoms with Gasteiger partial charge in [0.1, 0.15) is 0 Å². The van der Waals surface area contributed by atoms with Crippen molar-refractivity contribution in [1.29, 1.82) is 0 Å². The zero-order valence-corrected chi connectivity index (χ0v) is 19.9. The van der Waals surface area contributed by atoms with E-state index in [2.05, 4.69) is 44.7 Å². The number of carbonyl (C=O) groups is 2. The topological polar surface area (TPSA) is 138 Å². The van der Waals surface area contributed by atoms with E-state index >= 15 is 0 Å². The summed E-state index contributed by atoms with van der Waals surface area (Å²) in [5.41, 5.74) is 3.40. The van der Waals surface area contributed by atoms with E-state index in [0.717, 1.165) is 5.56 Å². The van der Waals surface area contributed by atoms with Crippen molar-refractivity contribution >= 4 is 17.5 Å². The van der Waals surface area contributed by atoms with Gasteiger partial charge in [-0.3, -0.25) is 14.5 Å². The molecule has 2 N–H and O–H groups in total. The van der Waals surface area contributed by atoms with Crippen molar-refractivity contribution in [2.24, 2.45) is 0 Å². The number of aliphatic hydroxyl groups excluding tert-OH is 1. The largest absolute Gasteiger partial charge is 0.503 e. The lowest BCUT2D eigenvalue weighted by atomic mass is 9.91. The molecule has 0 radical (unpaired) electrons. The highest BCUT2D eigenvalue weighted by molar-refractivity contribution is 6.20. The van der Waals surface area contributed by atoms with Crippen molar-refractivity contribution in [3.8, 4) is 11.4 Å². The highest BCUT2D eigenvalue weighted by Crippen LogP contribution is 2.41. The number of H-pyrrole nitrogens is 1. The fourth-order valence-electron chi connectivity index (χ4n) is 4.18. The van der Waals surface area contributed by atoms with Crippen LogP contribution in [0, 0.1) is 6.92 Å². The summed E-state index contributed by atoms with van der Waals surface area (Å²) >= 11 is 0. The second kappa shape index (κ2) is 9.14. The predicted octanol–water partition coefficient (Wildman–Crippen LogP) is 3.87. The molecule has 10 heteroatoms. The smallest absolute Gasteiger partial charge is 0.295 e. The third kappa shape index (κ3) is 4.02. The van der Waals surface area contributed by atoms with E-state index in [1.807, 2.05) is 12.1 Å². The molecular formula is C26H23N7O3. The average Bonchev–Trinajstić information content (AvgIpc) is 3.52. The van der Waals surface area contributed by atoms with Crippen LogP contribution in [0.25, 0.3) is 11.4 Å². The number of nitrogens with one attached hydrogen (secondary N) is 1. The fourth-order valence-corrected chi connectivity index (χ4v) is 4.18. The summed E-state index contributed by atoms with van der Waals surface area (Å²) in [7, 11) is 0. The van der Waals surface area contributed by atoms with E-state index in [9.17, 15) is 14.7 Å². The summed E-state index contributed by atoms with van der Waals surface area (Å²) in [5, 5.41) is 33.1. The lowest BCUT2D eigenvalue weighted by Gasteiger charge is -2.25. The van der Waals surface area contributed by atoms with Crippen LogP contribution in [0.15, 0.2) is 72.0 Å². The number of aromatic nitrogens is 6. The Morgan fingerprint density at radius 2 is 1.69 bits per heavy atom. The van der Waals surface area contributed by atoms with Crippen molar-refractivity contribution in [3.05, 3.63) is 94.4 Å². The van der Waals surface area contributed by atoms with E-state index < -0.39 is 23.5 Å². The fraction of sp³-hybridized carbons (Fsp3) is 0.192. The van der Waals surface area contributed by atoms with Crippen molar-refractivity contribution in [1.82, 2.24) is 30.8 Å². The van der Waals surface area contributed by atoms with Gasteiger partial charge in [-0.2, -0.15) is 10.3 Å². The Bertz CT molecular complexity index is 1440. The zero-order valence-electron chi connectivity index (χ0n) is 19.9. The number of aliphatic hydroxyl groups is 1. The average molecular weight is 482 g/mol. The Kier molecular flexibility index (Phi) is 5.85. The van der Waals surface area contributed by atoms with Gasteiger partial charge in [-0.25, -0.2) is 0 Å². The van der Waals surface area contributed by atoms with Gasteiger partial charge in [-0.1, -0.05) is 62.4 Å². The maximum atomic E-state index is 13.7. The monoisotopic (exact) mass is 481 g/mol. The van der Waals surface area contributed by atoms with E-state index in [1.54, 1.807) is 55.5 Å². The summed E-state index contributed by atoms with van der Waals surface area (Å²) in [4.78, 5) is 28.3. The minimum atomic E-state index is -0.911. The van der Waals surface area contributed by atoms with Gasteiger partial charge in [0.2, 0.25) is 5.82 Å². The summed E-state index contributed by atoms with van der Waals surface area (Å²) in [6.45, 7) is 5.91.